The van der Waals surface area contributed by atoms with Crippen LogP contribution in [0.2, 0.25) is 0 Å². The molecule has 6 heteroatoms. The van der Waals surface area contributed by atoms with E-state index >= 15 is 0 Å². The molecule has 18 heavy (non-hydrogen) atoms. The normalized spacial score (nSPS) is 14.9. The van der Waals surface area contributed by atoms with Crippen LogP contribution in [0.5, 0.6) is 0 Å². The van der Waals surface area contributed by atoms with Crippen LogP contribution in [0.1, 0.15) is 24.2 Å². The first kappa shape index (κ1) is 15.2. The molecule has 4 nitrogen and oxygen atoms in total. The smallest absolute Gasteiger partial charge is 0.242 e. The largest absolute Gasteiger partial charge is 0.325 e. The predicted molar refractivity (Wildman–Crippen MR) is 76.7 cm³/mol. The van der Waals surface area contributed by atoms with Crippen LogP contribution in [-0.4, -0.2) is 25.8 Å². The Morgan fingerprint density at radius 3 is 2.33 bits per heavy atom. The molecule has 0 heterocycles. The number of hydrogen-bond acceptors (Lipinski definition) is 3. The zero-order chi connectivity index (χ0) is 13.9. The summed E-state index contributed by atoms with van der Waals surface area (Å²) in [6.07, 6.45) is 1.05. The van der Waals surface area contributed by atoms with Crippen LogP contribution >= 0.6 is 15.9 Å². The Morgan fingerprint density at radius 1 is 1.28 bits per heavy atom. The van der Waals surface area contributed by atoms with Crippen LogP contribution < -0.4 is 5.32 Å². The standard InChI is InChI=1S/C12H16BrNO3S/c1-8(13)10-6-4-5-7-11(10)14-12(15)9(2)18(3,16)17/h4-9H,1-3H3,(H,14,15). The Bertz CT molecular complexity index is 540. The Hall–Kier alpha value is -0.880. The van der Waals surface area contributed by atoms with Crippen molar-refractivity contribution in [3.8, 4) is 0 Å². The van der Waals surface area contributed by atoms with Crippen molar-refractivity contribution >= 4 is 37.4 Å². The van der Waals surface area contributed by atoms with Crippen molar-refractivity contribution in [1.29, 1.82) is 0 Å². The molecule has 1 aromatic carbocycles. The Morgan fingerprint density at radius 2 is 1.83 bits per heavy atom. The number of carbonyl (C=O) groups excluding carboxylic acids is 1. The fraction of sp³-hybridized carbons (Fsp3) is 0.417. The van der Waals surface area contributed by atoms with Crippen LogP contribution in [0.15, 0.2) is 24.3 Å². The van der Waals surface area contributed by atoms with Crippen LogP contribution in [0, 0.1) is 0 Å². The van der Waals surface area contributed by atoms with Gasteiger partial charge >= 0.3 is 0 Å². The summed E-state index contributed by atoms with van der Waals surface area (Å²) >= 11 is 3.43. The van der Waals surface area contributed by atoms with Gasteiger partial charge in [0.05, 0.1) is 0 Å². The lowest BCUT2D eigenvalue weighted by Crippen LogP contribution is -2.32. The van der Waals surface area contributed by atoms with Crippen LogP contribution in [0.25, 0.3) is 0 Å². The minimum Gasteiger partial charge on any atom is -0.325 e. The highest BCUT2D eigenvalue weighted by Gasteiger charge is 2.24. The summed E-state index contributed by atoms with van der Waals surface area (Å²) in [5.41, 5.74) is 1.54. The number of halogens is 1. The van der Waals surface area contributed by atoms with Gasteiger partial charge in [0, 0.05) is 16.8 Å². The lowest BCUT2D eigenvalue weighted by molar-refractivity contribution is -0.115. The second-order valence-electron chi connectivity index (χ2n) is 4.16. The number of hydrogen-bond donors (Lipinski definition) is 1. The summed E-state index contributed by atoms with van der Waals surface area (Å²) in [4.78, 5) is 11.9. The molecule has 2 unspecified atom stereocenters. The van der Waals surface area contributed by atoms with E-state index in [4.69, 9.17) is 0 Å². The Labute approximate surface area is 116 Å². The molecule has 0 spiro atoms. The minimum atomic E-state index is -3.38. The van der Waals surface area contributed by atoms with Crippen molar-refractivity contribution in [2.24, 2.45) is 0 Å². The SMILES string of the molecule is CC(Br)c1ccccc1NC(=O)C(C)S(C)(=O)=O. The molecule has 0 saturated carbocycles. The summed E-state index contributed by atoms with van der Waals surface area (Å²) in [6.45, 7) is 3.32. The fourth-order valence-corrected chi connectivity index (χ4v) is 2.23. The molecule has 0 aromatic heterocycles. The van der Waals surface area contributed by atoms with Gasteiger partial charge in [0.2, 0.25) is 5.91 Å². The third kappa shape index (κ3) is 3.81. The van der Waals surface area contributed by atoms with Gasteiger partial charge in [0.25, 0.3) is 0 Å². The van der Waals surface area contributed by atoms with E-state index in [1.165, 1.54) is 6.92 Å². The number of carbonyl (C=O) groups is 1. The van der Waals surface area contributed by atoms with Crippen molar-refractivity contribution in [1.82, 2.24) is 0 Å². The van der Waals surface area contributed by atoms with Gasteiger partial charge in [-0.2, -0.15) is 0 Å². The van der Waals surface area contributed by atoms with Crippen molar-refractivity contribution in [2.45, 2.75) is 23.9 Å². The van der Waals surface area contributed by atoms with E-state index in [9.17, 15) is 13.2 Å². The summed E-state index contributed by atoms with van der Waals surface area (Å²) in [7, 11) is -3.38. The third-order valence-corrected chi connectivity index (χ3v) is 4.65. The molecule has 100 valence electrons. The number of benzene rings is 1. The van der Waals surface area contributed by atoms with Gasteiger partial charge in [-0.05, 0) is 25.5 Å². The van der Waals surface area contributed by atoms with E-state index in [1.807, 2.05) is 19.1 Å². The molecule has 1 rings (SSSR count). The third-order valence-electron chi connectivity index (χ3n) is 2.66. The van der Waals surface area contributed by atoms with Gasteiger partial charge in [0.15, 0.2) is 9.84 Å². The first-order chi connectivity index (χ1) is 8.23. The van der Waals surface area contributed by atoms with Crippen molar-refractivity contribution in [2.75, 3.05) is 11.6 Å². The number of alkyl halides is 1. The van der Waals surface area contributed by atoms with E-state index in [-0.39, 0.29) is 4.83 Å². The van der Waals surface area contributed by atoms with Gasteiger partial charge in [0.1, 0.15) is 5.25 Å². The quantitative estimate of drug-likeness (QED) is 0.861. The minimum absolute atomic E-state index is 0.0718. The van der Waals surface area contributed by atoms with Gasteiger partial charge in [-0.3, -0.25) is 4.79 Å². The highest BCUT2D eigenvalue weighted by molar-refractivity contribution is 9.09. The lowest BCUT2D eigenvalue weighted by atomic mass is 10.1. The molecule has 0 saturated heterocycles. The number of nitrogens with one attached hydrogen (secondary N) is 1. The molecule has 2 atom stereocenters. The van der Waals surface area contributed by atoms with E-state index in [0.717, 1.165) is 11.8 Å². The molecule has 0 fully saturated rings. The fourth-order valence-electron chi connectivity index (χ4n) is 1.39. The first-order valence-electron chi connectivity index (χ1n) is 5.46. The number of amides is 1. The Balaban J connectivity index is 2.96. The average Bonchev–Trinajstić information content (AvgIpc) is 2.27. The van der Waals surface area contributed by atoms with Gasteiger partial charge in [-0.25, -0.2) is 8.42 Å². The van der Waals surface area contributed by atoms with E-state index in [0.29, 0.717) is 5.69 Å². The van der Waals surface area contributed by atoms with Crippen LogP contribution in [-0.2, 0) is 14.6 Å². The molecule has 0 radical (unpaired) electrons. The molecule has 1 amide bonds. The molecule has 0 aliphatic heterocycles. The Kier molecular flexibility index (Phi) is 4.92. The summed E-state index contributed by atoms with van der Waals surface area (Å²) in [5.74, 6) is -0.516. The maximum Gasteiger partial charge on any atom is 0.242 e. The van der Waals surface area contributed by atoms with E-state index in [2.05, 4.69) is 21.2 Å². The number of sulfone groups is 1. The maximum atomic E-state index is 11.8. The van der Waals surface area contributed by atoms with E-state index in [1.54, 1.807) is 12.1 Å². The highest BCUT2D eigenvalue weighted by atomic mass is 79.9. The molecule has 1 aromatic rings. The van der Waals surface area contributed by atoms with Crippen molar-refractivity contribution in [3.63, 3.8) is 0 Å². The van der Waals surface area contributed by atoms with Crippen LogP contribution in [0.4, 0.5) is 5.69 Å². The topological polar surface area (TPSA) is 63.2 Å². The number of rotatable bonds is 4. The molecule has 0 aliphatic carbocycles. The van der Waals surface area contributed by atoms with Crippen molar-refractivity contribution < 1.29 is 13.2 Å². The van der Waals surface area contributed by atoms with E-state index < -0.39 is 21.0 Å². The van der Waals surface area contributed by atoms with Crippen molar-refractivity contribution in [3.05, 3.63) is 29.8 Å². The molecule has 0 aliphatic rings. The summed E-state index contributed by atoms with van der Waals surface area (Å²) < 4.78 is 22.6. The summed E-state index contributed by atoms with van der Waals surface area (Å²) in [5, 5.41) is 1.59. The van der Waals surface area contributed by atoms with Gasteiger partial charge in [-0.15, -0.1) is 0 Å². The molecule has 1 N–H and O–H groups in total. The average molecular weight is 334 g/mol. The number of para-hydroxylation sites is 1. The second kappa shape index (κ2) is 5.84. The maximum absolute atomic E-state index is 11.8. The lowest BCUT2D eigenvalue weighted by Gasteiger charge is -2.15. The summed E-state index contributed by atoms with van der Waals surface area (Å²) in [6, 6.07) is 7.28. The zero-order valence-electron chi connectivity index (χ0n) is 10.5. The predicted octanol–water partition coefficient (Wildman–Crippen LogP) is 2.51. The molecule has 0 bridgehead atoms. The molecular weight excluding hydrogens is 318 g/mol. The highest BCUT2D eigenvalue weighted by Crippen LogP contribution is 2.28. The second-order valence-corrected chi connectivity index (χ2v) is 7.90. The van der Waals surface area contributed by atoms with Gasteiger partial charge in [-0.1, -0.05) is 34.1 Å². The monoisotopic (exact) mass is 333 g/mol. The number of anilines is 1. The van der Waals surface area contributed by atoms with Gasteiger partial charge < -0.3 is 5.32 Å². The van der Waals surface area contributed by atoms with Crippen LogP contribution in [0.3, 0.4) is 0 Å². The molecular formula is C12H16BrNO3S. The zero-order valence-corrected chi connectivity index (χ0v) is 12.9. The first-order valence-corrected chi connectivity index (χ1v) is 8.33.